The fourth-order valence-electron chi connectivity index (χ4n) is 5.29. The van der Waals surface area contributed by atoms with Crippen LogP contribution >= 0.6 is 0 Å². The minimum Gasteiger partial charge on any atom is -0.390 e. The van der Waals surface area contributed by atoms with E-state index in [1.165, 1.54) is 38.5 Å². The fourth-order valence-corrected chi connectivity index (χ4v) is 5.67. The first-order valence-electron chi connectivity index (χ1n) is 9.28. The van der Waals surface area contributed by atoms with E-state index in [1.807, 2.05) is 0 Å². The molecule has 22 heavy (non-hydrogen) atoms. The van der Waals surface area contributed by atoms with E-state index in [-0.39, 0.29) is 5.92 Å². The first-order valence-corrected chi connectivity index (χ1v) is 9.94. The summed E-state index contributed by atoms with van der Waals surface area (Å²) >= 11 is 2.97. The first kappa shape index (κ1) is 17.2. The van der Waals surface area contributed by atoms with Gasteiger partial charge in [0.15, 0.2) is 6.17 Å². The quantitative estimate of drug-likeness (QED) is 0.746. The Hall–Kier alpha value is 0.352. The van der Waals surface area contributed by atoms with Gasteiger partial charge in [0.05, 0.1) is 6.10 Å². The van der Waals surface area contributed by atoms with E-state index in [2.05, 4.69) is 16.3 Å². The molecule has 0 bridgehead atoms. The Bertz CT molecular complexity index is 351. The average Bonchev–Trinajstić information content (AvgIpc) is 2.54. The van der Waals surface area contributed by atoms with Gasteiger partial charge < -0.3 is 5.11 Å². The molecule has 3 saturated carbocycles. The van der Waals surface area contributed by atoms with E-state index in [1.54, 1.807) is 0 Å². The molecule has 0 heterocycles. The van der Waals surface area contributed by atoms with Crippen molar-refractivity contribution in [3.8, 4) is 0 Å². The van der Waals surface area contributed by atoms with Crippen LogP contribution < -0.4 is 0 Å². The molecule has 0 aromatic carbocycles. The van der Waals surface area contributed by atoms with Crippen LogP contribution in [0.1, 0.15) is 64.2 Å². The zero-order chi connectivity index (χ0) is 15.7. The van der Waals surface area contributed by atoms with Gasteiger partial charge in [0.25, 0.3) is 0 Å². The Labute approximate surface area is 141 Å². The summed E-state index contributed by atoms with van der Waals surface area (Å²) in [6.45, 7) is 0. The lowest BCUT2D eigenvalue weighted by Crippen LogP contribution is -2.44. The molecule has 3 rings (SSSR count). The molecule has 4 unspecified atom stereocenters. The third kappa shape index (κ3) is 3.71. The van der Waals surface area contributed by atoms with E-state index in [0.29, 0.717) is 18.8 Å². The van der Waals surface area contributed by atoms with Crippen LogP contribution in [0.4, 0.5) is 8.78 Å². The molecular weight excluding hydrogens is 297 g/mol. The number of hydrogen-bond acceptors (Lipinski definition) is 1. The highest BCUT2D eigenvalue weighted by molar-refractivity contribution is 6.11. The number of aliphatic hydroxyl groups is 1. The highest BCUT2D eigenvalue weighted by atomic mass is 27.0. The zero-order valence-electron chi connectivity index (χ0n) is 13.5. The maximum atomic E-state index is 14.2. The molecule has 3 aliphatic carbocycles. The van der Waals surface area contributed by atoms with Crippen molar-refractivity contribution < 1.29 is 13.9 Å². The number of aliphatic hydroxyl groups excluding tert-OH is 1. The molecule has 124 valence electrons. The third-order valence-electron chi connectivity index (χ3n) is 6.78. The van der Waals surface area contributed by atoms with E-state index >= 15 is 0 Å². The van der Waals surface area contributed by atoms with Crippen molar-refractivity contribution in [2.45, 2.75) is 87.4 Å². The molecule has 4 heteroatoms. The number of hydrogen-bond donors (Lipinski definition) is 1. The van der Waals surface area contributed by atoms with Gasteiger partial charge in [-0.25, -0.2) is 8.78 Å². The molecule has 0 spiro atoms. The predicted molar refractivity (Wildman–Crippen MR) is 85.4 cm³/mol. The Morgan fingerprint density at radius 3 is 1.73 bits per heavy atom. The van der Waals surface area contributed by atoms with Crippen molar-refractivity contribution in [3.05, 3.63) is 0 Å². The van der Waals surface area contributed by atoms with Crippen molar-refractivity contribution in [2.75, 3.05) is 0 Å². The van der Waals surface area contributed by atoms with Crippen LogP contribution in [-0.4, -0.2) is 39.8 Å². The van der Waals surface area contributed by atoms with Crippen LogP contribution in [0.2, 0.25) is 4.78 Å². The van der Waals surface area contributed by atoms with Crippen LogP contribution in [0.15, 0.2) is 0 Å². The van der Waals surface area contributed by atoms with Gasteiger partial charge in [-0.3, -0.25) is 0 Å². The van der Waals surface area contributed by atoms with Gasteiger partial charge in [-0.05, 0) is 62.2 Å². The average molecular weight is 326 g/mol. The first-order chi connectivity index (χ1) is 10.6. The van der Waals surface area contributed by atoms with Gasteiger partial charge in [0.2, 0.25) is 0 Å². The summed E-state index contributed by atoms with van der Waals surface area (Å²) in [5.74, 6) is 1.89. The number of halogens is 2. The van der Waals surface area contributed by atoms with Crippen molar-refractivity contribution in [2.24, 2.45) is 23.7 Å². The summed E-state index contributed by atoms with van der Waals surface area (Å²) in [4.78, 5) is 0. The van der Waals surface area contributed by atoms with Gasteiger partial charge in [-0.1, -0.05) is 25.7 Å². The van der Waals surface area contributed by atoms with E-state index in [4.69, 9.17) is 0 Å². The van der Waals surface area contributed by atoms with Crippen molar-refractivity contribution in [1.29, 1.82) is 0 Å². The maximum absolute atomic E-state index is 14.2. The Balaban J connectivity index is 1.49. The van der Waals surface area contributed by atoms with Crippen molar-refractivity contribution >= 4 is 16.3 Å². The van der Waals surface area contributed by atoms with Gasteiger partial charge in [0, 0.05) is 0 Å². The van der Waals surface area contributed by atoms with Crippen molar-refractivity contribution in [3.63, 3.8) is 0 Å². The summed E-state index contributed by atoms with van der Waals surface area (Å²) in [7, 11) is 0. The minimum absolute atomic E-state index is 0.151. The van der Waals surface area contributed by atoms with Crippen LogP contribution in [-0.2, 0) is 0 Å². The number of rotatable bonds is 2. The minimum atomic E-state index is -1.66. The lowest BCUT2D eigenvalue weighted by Gasteiger charge is -2.42. The lowest BCUT2D eigenvalue weighted by atomic mass is 9.65. The molecule has 0 aromatic rings. The highest BCUT2D eigenvalue weighted by Crippen LogP contribution is 2.46. The number of alkyl halides is 2. The molecule has 4 atom stereocenters. The summed E-state index contributed by atoms with van der Waals surface area (Å²) in [6.07, 6.45) is 6.86. The molecule has 3 fully saturated rings. The Morgan fingerprint density at radius 2 is 1.14 bits per heavy atom. The Kier molecular flexibility index (Phi) is 5.85. The second-order valence-corrected chi connectivity index (χ2v) is 8.99. The molecule has 0 aliphatic heterocycles. The second-order valence-electron chi connectivity index (χ2n) is 8.05. The van der Waals surface area contributed by atoms with E-state index in [9.17, 15) is 13.9 Å². The molecule has 1 nitrogen and oxygen atoms in total. The summed E-state index contributed by atoms with van der Waals surface area (Å²) in [6, 6.07) is 0. The molecule has 3 aliphatic rings. The largest absolute Gasteiger partial charge is 0.390 e. The molecule has 2 radical (unpaired) electrons. The van der Waals surface area contributed by atoms with Gasteiger partial charge >= 0.3 is 0 Å². The summed E-state index contributed by atoms with van der Waals surface area (Å²) in [5, 5.41) is 9.48. The predicted octanol–water partition coefficient (Wildman–Crippen LogP) is 4.39. The second kappa shape index (κ2) is 7.49. The van der Waals surface area contributed by atoms with Crippen LogP contribution in [0.25, 0.3) is 0 Å². The molecular formula is C18H29AlF2O. The Morgan fingerprint density at radius 1 is 0.636 bits per heavy atom. The molecule has 0 amide bonds. The topological polar surface area (TPSA) is 20.2 Å². The zero-order valence-corrected chi connectivity index (χ0v) is 14.6. The SMILES string of the molecule is OC1CCC(C2CCC(C3CC[CH]([Al])CC3)CC2)C(F)C1F. The van der Waals surface area contributed by atoms with E-state index in [0.717, 1.165) is 29.5 Å². The molecule has 1 N–H and O–H groups in total. The maximum Gasteiger partial charge on any atom is 0.157 e. The lowest BCUT2D eigenvalue weighted by molar-refractivity contribution is -0.0560. The summed E-state index contributed by atoms with van der Waals surface area (Å²) < 4.78 is 28.8. The van der Waals surface area contributed by atoms with Crippen LogP contribution in [0.5, 0.6) is 0 Å². The molecule has 0 aromatic heterocycles. The van der Waals surface area contributed by atoms with Gasteiger partial charge in [0.1, 0.15) is 22.5 Å². The third-order valence-corrected chi connectivity index (χ3v) is 7.45. The highest BCUT2D eigenvalue weighted by Gasteiger charge is 2.44. The van der Waals surface area contributed by atoms with Crippen molar-refractivity contribution in [1.82, 2.24) is 0 Å². The normalized spacial score (nSPS) is 50.7. The van der Waals surface area contributed by atoms with Crippen LogP contribution in [0.3, 0.4) is 0 Å². The van der Waals surface area contributed by atoms with Crippen LogP contribution in [0, 0.1) is 23.7 Å². The standard InChI is InChI=1S/C18H29F2O.Al/c19-17-15(10-11-16(21)18(17)20)14-8-6-13(7-9-14)12-4-2-1-3-5-12;/h1,12-18,21H,2-11H2;. The molecule has 0 saturated heterocycles. The monoisotopic (exact) mass is 326 g/mol. The van der Waals surface area contributed by atoms with Gasteiger partial charge in [-0.2, -0.15) is 0 Å². The van der Waals surface area contributed by atoms with E-state index < -0.39 is 18.4 Å². The smallest absolute Gasteiger partial charge is 0.157 e. The fraction of sp³-hybridized carbons (Fsp3) is 1.00. The summed E-state index contributed by atoms with van der Waals surface area (Å²) in [5.41, 5.74) is 0. The van der Waals surface area contributed by atoms with Gasteiger partial charge in [-0.15, -0.1) is 4.78 Å².